The van der Waals surface area contributed by atoms with E-state index in [2.05, 4.69) is 18.4 Å². The van der Waals surface area contributed by atoms with Crippen molar-refractivity contribution in [2.45, 2.75) is 180 Å². The number of carbonyl (C=O) groups excluding carboxylic acids is 2. The summed E-state index contributed by atoms with van der Waals surface area (Å²) < 4.78 is 32.5. The van der Waals surface area contributed by atoms with Crippen LogP contribution in [0.2, 0.25) is 0 Å². The van der Waals surface area contributed by atoms with E-state index in [0.29, 0.717) is 12.8 Å². The van der Waals surface area contributed by atoms with Crippen molar-refractivity contribution in [2.75, 3.05) is 26.4 Å². The van der Waals surface area contributed by atoms with Crippen LogP contribution in [0.1, 0.15) is 168 Å². The van der Waals surface area contributed by atoms with Gasteiger partial charge in [0, 0.05) is 12.8 Å². The summed E-state index contributed by atoms with van der Waals surface area (Å²) in [6, 6.07) is 0. The summed E-state index contributed by atoms with van der Waals surface area (Å²) in [5.41, 5.74) is 0. The molecule has 1 unspecified atom stereocenters. The minimum atomic E-state index is -4.60. The van der Waals surface area contributed by atoms with E-state index in [0.717, 1.165) is 38.5 Å². The molecule has 46 heavy (non-hydrogen) atoms. The van der Waals surface area contributed by atoms with E-state index >= 15 is 0 Å². The van der Waals surface area contributed by atoms with Crippen molar-refractivity contribution in [3.8, 4) is 0 Å². The number of esters is 2. The third-order valence-electron chi connectivity index (χ3n) is 7.76. The Balaban J connectivity index is 0. The molecular weight excluding hydrogens is 613 g/mol. The molecule has 0 aromatic heterocycles. The van der Waals surface area contributed by atoms with Gasteiger partial charge in [0.2, 0.25) is 0 Å². The standard InChI is InChI=1S/C34H67O10P.H3N/c1-3-5-7-9-11-13-15-17-19-21-23-25-33(37)41-29-32(30-43-45(39,40)42-28-31(36)27-35)44-34(38)26-24-22-20-18-16-14-12-10-8-6-4-2;/h31-32,35-36H,3-30H2,1-2H3,(H,39,40);1H3/t31-,32+;/m0./s1. The lowest BCUT2D eigenvalue weighted by molar-refractivity contribution is -0.161. The molecule has 0 spiro atoms. The van der Waals surface area contributed by atoms with Crippen LogP contribution in [0.5, 0.6) is 0 Å². The lowest BCUT2D eigenvalue weighted by Crippen LogP contribution is -2.29. The van der Waals surface area contributed by atoms with E-state index in [1.165, 1.54) is 89.9 Å². The zero-order valence-electron chi connectivity index (χ0n) is 29.3. The first-order chi connectivity index (χ1) is 21.7. The van der Waals surface area contributed by atoms with Gasteiger partial charge in [-0.2, -0.15) is 0 Å². The molecule has 0 aromatic rings. The van der Waals surface area contributed by atoms with Crippen LogP contribution in [0, 0.1) is 0 Å². The van der Waals surface area contributed by atoms with Crippen LogP contribution in [0.15, 0.2) is 0 Å². The van der Waals surface area contributed by atoms with E-state index in [-0.39, 0.29) is 25.6 Å². The highest BCUT2D eigenvalue weighted by atomic mass is 31.2. The Labute approximate surface area is 280 Å². The number of hydrogen-bond donors (Lipinski definition) is 4. The van der Waals surface area contributed by atoms with E-state index < -0.39 is 51.8 Å². The first-order valence-corrected chi connectivity index (χ1v) is 19.5. The topological polar surface area (TPSA) is 184 Å². The smallest absolute Gasteiger partial charge is 0.462 e. The second kappa shape index (κ2) is 33.8. The number of carbonyl (C=O) groups is 2. The summed E-state index contributed by atoms with van der Waals surface area (Å²) in [4.78, 5) is 34.7. The molecule has 0 aliphatic heterocycles. The van der Waals surface area contributed by atoms with Crippen LogP contribution in [-0.2, 0) is 32.7 Å². The Hall–Kier alpha value is -1.07. The van der Waals surface area contributed by atoms with Crippen LogP contribution in [0.3, 0.4) is 0 Å². The largest absolute Gasteiger partial charge is 0.472 e. The molecule has 0 bridgehead atoms. The fraction of sp³-hybridized carbons (Fsp3) is 0.941. The number of phosphoric acid groups is 1. The third kappa shape index (κ3) is 32.9. The fourth-order valence-corrected chi connectivity index (χ4v) is 5.72. The minimum Gasteiger partial charge on any atom is -0.462 e. The van der Waals surface area contributed by atoms with Gasteiger partial charge in [-0.25, -0.2) is 4.57 Å². The Bertz CT molecular complexity index is 743. The Morgan fingerprint density at radius 2 is 0.957 bits per heavy atom. The van der Waals surface area contributed by atoms with Gasteiger partial charge >= 0.3 is 19.8 Å². The zero-order valence-corrected chi connectivity index (χ0v) is 30.2. The number of hydrogen-bond acceptors (Lipinski definition) is 10. The van der Waals surface area contributed by atoms with E-state index in [1.54, 1.807) is 0 Å². The lowest BCUT2D eigenvalue weighted by Gasteiger charge is -2.20. The Kier molecular flexibility index (Phi) is 34.6. The molecule has 6 N–H and O–H groups in total. The van der Waals surface area contributed by atoms with Gasteiger partial charge in [-0.3, -0.25) is 18.6 Å². The zero-order chi connectivity index (χ0) is 33.4. The van der Waals surface area contributed by atoms with Crippen LogP contribution in [-0.4, -0.2) is 65.7 Å². The molecule has 0 heterocycles. The first kappa shape index (κ1) is 47.0. The molecule has 0 aliphatic carbocycles. The molecule has 0 amide bonds. The van der Waals surface area contributed by atoms with Gasteiger partial charge in [0.05, 0.1) is 19.8 Å². The molecule has 0 aliphatic rings. The molecule has 276 valence electrons. The monoisotopic (exact) mass is 683 g/mol. The van der Waals surface area contributed by atoms with Gasteiger partial charge in [-0.15, -0.1) is 0 Å². The number of unbranched alkanes of at least 4 members (excludes halogenated alkanes) is 20. The molecule has 11 nitrogen and oxygen atoms in total. The van der Waals surface area contributed by atoms with Crippen molar-refractivity contribution < 1.29 is 47.8 Å². The third-order valence-corrected chi connectivity index (χ3v) is 8.71. The summed E-state index contributed by atoms with van der Waals surface area (Å²) in [5, 5.41) is 18.2. The molecule has 12 heteroatoms. The molecule has 0 saturated heterocycles. The SMILES string of the molecule is CCCCCCCCCCCCCC(=O)OC[C@H](COP(=O)(O)OC[C@@H](O)CO)OC(=O)CCCCCCCCCCCCC.N. The normalized spacial score (nSPS) is 13.8. The van der Waals surface area contributed by atoms with Crippen molar-refractivity contribution in [3.63, 3.8) is 0 Å². The molecule has 0 fully saturated rings. The van der Waals surface area contributed by atoms with Crippen LogP contribution in [0.4, 0.5) is 0 Å². The average Bonchev–Trinajstić information content (AvgIpc) is 3.02. The average molecular weight is 684 g/mol. The van der Waals surface area contributed by atoms with Crippen molar-refractivity contribution in [1.29, 1.82) is 0 Å². The van der Waals surface area contributed by atoms with Crippen molar-refractivity contribution in [1.82, 2.24) is 6.15 Å². The van der Waals surface area contributed by atoms with Crippen LogP contribution >= 0.6 is 7.82 Å². The summed E-state index contributed by atoms with van der Waals surface area (Å²) in [6.07, 6.45) is 23.6. The maximum atomic E-state index is 12.5. The highest BCUT2D eigenvalue weighted by molar-refractivity contribution is 7.47. The molecular formula is C34H70NO10P. The predicted molar refractivity (Wildman–Crippen MR) is 183 cm³/mol. The van der Waals surface area contributed by atoms with Gasteiger partial charge < -0.3 is 30.7 Å². The van der Waals surface area contributed by atoms with Crippen molar-refractivity contribution >= 4 is 19.8 Å². The molecule has 0 radical (unpaired) electrons. The van der Waals surface area contributed by atoms with Crippen LogP contribution in [0.25, 0.3) is 0 Å². The highest BCUT2D eigenvalue weighted by Crippen LogP contribution is 2.43. The lowest BCUT2D eigenvalue weighted by atomic mass is 10.1. The van der Waals surface area contributed by atoms with Crippen molar-refractivity contribution in [3.05, 3.63) is 0 Å². The van der Waals surface area contributed by atoms with Crippen LogP contribution < -0.4 is 6.15 Å². The van der Waals surface area contributed by atoms with Gasteiger partial charge in [-0.1, -0.05) is 142 Å². The van der Waals surface area contributed by atoms with Gasteiger partial charge in [0.1, 0.15) is 12.7 Å². The summed E-state index contributed by atoms with van der Waals surface area (Å²) >= 11 is 0. The number of aliphatic hydroxyl groups is 2. The molecule has 0 rings (SSSR count). The number of ether oxygens (including phenoxy) is 2. The van der Waals surface area contributed by atoms with E-state index in [4.69, 9.17) is 19.1 Å². The maximum absolute atomic E-state index is 12.5. The fourth-order valence-electron chi connectivity index (χ4n) is 4.93. The Morgan fingerprint density at radius 3 is 1.37 bits per heavy atom. The minimum absolute atomic E-state index is 0. The van der Waals surface area contributed by atoms with Crippen molar-refractivity contribution in [2.24, 2.45) is 0 Å². The maximum Gasteiger partial charge on any atom is 0.472 e. The van der Waals surface area contributed by atoms with Gasteiger partial charge in [0.25, 0.3) is 0 Å². The number of rotatable bonds is 34. The van der Waals surface area contributed by atoms with Gasteiger partial charge in [0.15, 0.2) is 6.10 Å². The second-order valence-electron chi connectivity index (χ2n) is 12.3. The summed E-state index contributed by atoms with van der Waals surface area (Å²) in [6.45, 7) is 2.35. The Morgan fingerprint density at radius 1 is 0.587 bits per heavy atom. The van der Waals surface area contributed by atoms with Gasteiger partial charge in [-0.05, 0) is 12.8 Å². The predicted octanol–water partition coefficient (Wildman–Crippen LogP) is 8.49. The molecule has 0 aromatic carbocycles. The highest BCUT2D eigenvalue weighted by Gasteiger charge is 2.27. The van der Waals surface area contributed by atoms with E-state index in [9.17, 15) is 24.2 Å². The number of aliphatic hydroxyl groups excluding tert-OH is 2. The molecule has 3 atom stereocenters. The summed E-state index contributed by atoms with van der Waals surface area (Å²) in [7, 11) is -4.60. The number of phosphoric ester groups is 1. The quantitative estimate of drug-likeness (QED) is 0.0290. The molecule has 0 saturated carbocycles. The first-order valence-electron chi connectivity index (χ1n) is 18.0. The van der Waals surface area contributed by atoms with E-state index in [1.807, 2.05) is 0 Å². The summed E-state index contributed by atoms with van der Waals surface area (Å²) in [5.74, 6) is -0.919. The second-order valence-corrected chi connectivity index (χ2v) is 13.7.